The minimum Gasteiger partial charge on any atom is -0.479 e. The van der Waals surface area contributed by atoms with Crippen LogP contribution in [-0.4, -0.2) is 40.7 Å². The summed E-state index contributed by atoms with van der Waals surface area (Å²) in [6.07, 6.45) is 0.0290. The molecule has 19 heavy (non-hydrogen) atoms. The first-order chi connectivity index (χ1) is 9.06. The fourth-order valence-electron chi connectivity index (χ4n) is 1.87. The number of carboxylic acid groups (broad SMARTS) is 1. The lowest BCUT2D eigenvalue weighted by Crippen LogP contribution is -2.33. The van der Waals surface area contributed by atoms with E-state index in [4.69, 9.17) is 21.4 Å². The van der Waals surface area contributed by atoms with Crippen molar-refractivity contribution in [2.75, 3.05) is 6.54 Å². The first-order valence-corrected chi connectivity index (χ1v) is 6.23. The molecule has 2 heterocycles. The second-order valence-electron chi connectivity index (χ2n) is 4.22. The zero-order valence-corrected chi connectivity index (χ0v) is 10.8. The summed E-state index contributed by atoms with van der Waals surface area (Å²) in [5.74, 6) is -1.32. The fraction of sp³-hybridized carbons (Fsp3) is 0.417. The lowest BCUT2D eigenvalue weighted by Gasteiger charge is -2.12. The number of halogens is 1. The Kier molecular flexibility index (Phi) is 4.34. The third-order valence-corrected chi connectivity index (χ3v) is 3.03. The standard InChI is InChI=1S/C12H13ClN2O4/c13-10-3-1-2-8(15-10)11(16)14-6-7-4-5-9(19-7)12(17)18/h1-3,7,9H,4-6H2,(H,14,16)(H,17,18). The Morgan fingerprint density at radius 1 is 1.47 bits per heavy atom. The second kappa shape index (κ2) is 5.99. The summed E-state index contributed by atoms with van der Waals surface area (Å²) in [6.45, 7) is 0.261. The number of hydrogen-bond acceptors (Lipinski definition) is 4. The number of nitrogens with one attached hydrogen (secondary N) is 1. The number of carbonyl (C=O) groups is 2. The van der Waals surface area contributed by atoms with Gasteiger partial charge in [0.15, 0.2) is 6.10 Å². The Bertz CT molecular complexity index is 494. The van der Waals surface area contributed by atoms with Gasteiger partial charge in [-0.05, 0) is 25.0 Å². The molecule has 1 amide bonds. The number of pyridine rings is 1. The average Bonchev–Trinajstić information content (AvgIpc) is 2.85. The minimum absolute atomic E-state index is 0.222. The monoisotopic (exact) mass is 284 g/mol. The maximum Gasteiger partial charge on any atom is 0.332 e. The molecule has 102 valence electrons. The Hall–Kier alpha value is -1.66. The number of aliphatic carboxylic acids is 1. The van der Waals surface area contributed by atoms with E-state index in [1.54, 1.807) is 18.2 Å². The van der Waals surface area contributed by atoms with Crippen molar-refractivity contribution in [2.45, 2.75) is 25.0 Å². The van der Waals surface area contributed by atoms with Crippen LogP contribution >= 0.6 is 11.6 Å². The SMILES string of the molecule is O=C(NCC1CCC(C(=O)O)O1)c1cccc(Cl)n1. The van der Waals surface area contributed by atoms with Gasteiger partial charge in [-0.3, -0.25) is 4.79 Å². The number of carbonyl (C=O) groups excluding carboxylic acids is 1. The van der Waals surface area contributed by atoms with E-state index in [0.717, 1.165) is 0 Å². The third-order valence-electron chi connectivity index (χ3n) is 2.82. The normalized spacial score (nSPS) is 22.2. The molecule has 2 rings (SSSR count). The molecular formula is C12H13ClN2O4. The summed E-state index contributed by atoms with van der Waals surface area (Å²) in [6, 6.07) is 4.77. The van der Waals surface area contributed by atoms with Crippen LogP contribution in [0.1, 0.15) is 23.3 Å². The van der Waals surface area contributed by atoms with Gasteiger partial charge in [-0.15, -0.1) is 0 Å². The molecule has 2 unspecified atom stereocenters. The van der Waals surface area contributed by atoms with Crippen LogP contribution in [0.5, 0.6) is 0 Å². The van der Waals surface area contributed by atoms with Crippen molar-refractivity contribution in [3.63, 3.8) is 0 Å². The third kappa shape index (κ3) is 3.65. The van der Waals surface area contributed by atoms with Crippen LogP contribution in [0.3, 0.4) is 0 Å². The number of ether oxygens (including phenoxy) is 1. The summed E-state index contributed by atoms with van der Waals surface area (Å²) in [7, 11) is 0. The van der Waals surface area contributed by atoms with E-state index in [0.29, 0.717) is 12.8 Å². The van der Waals surface area contributed by atoms with Crippen LogP contribution in [0.25, 0.3) is 0 Å². The van der Waals surface area contributed by atoms with Crippen molar-refractivity contribution >= 4 is 23.5 Å². The Morgan fingerprint density at radius 2 is 2.26 bits per heavy atom. The van der Waals surface area contributed by atoms with Crippen molar-refractivity contribution in [2.24, 2.45) is 0 Å². The molecule has 1 aromatic heterocycles. The summed E-state index contributed by atoms with van der Waals surface area (Å²) in [5.41, 5.74) is 0.222. The maximum absolute atomic E-state index is 11.8. The molecule has 1 aliphatic rings. The second-order valence-corrected chi connectivity index (χ2v) is 4.61. The van der Waals surface area contributed by atoms with Crippen molar-refractivity contribution in [1.82, 2.24) is 10.3 Å². The van der Waals surface area contributed by atoms with E-state index < -0.39 is 12.1 Å². The van der Waals surface area contributed by atoms with Gasteiger partial charge >= 0.3 is 5.97 Å². The summed E-state index contributed by atoms with van der Waals surface area (Å²) >= 11 is 5.69. The molecule has 2 N–H and O–H groups in total. The van der Waals surface area contributed by atoms with Gasteiger partial charge in [0.05, 0.1) is 6.10 Å². The van der Waals surface area contributed by atoms with E-state index in [-0.39, 0.29) is 29.4 Å². The highest BCUT2D eigenvalue weighted by Gasteiger charge is 2.30. The molecule has 0 aromatic carbocycles. The van der Waals surface area contributed by atoms with Gasteiger partial charge in [0.1, 0.15) is 10.8 Å². The molecule has 0 radical (unpaired) electrons. The molecule has 0 bridgehead atoms. The molecule has 0 aliphatic carbocycles. The Balaban J connectivity index is 1.83. The van der Waals surface area contributed by atoms with Crippen molar-refractivity contribution < 1.29 is 19.4 Å². The van der Waals surface area contributed by atoms with Gasteiger partial charge < -0.3 is 15.2 Å². The first-order valence-electron chi connectivity index (χ1n) is 5.85. The minimum atomic E-state index is -0.967. The molecule has 1 saturated heterocycles. The predicted molar refractivity (Wildman–Crippen MR) is 67.1 cm³/mol. The van der Waals surface area contributed by atoms with Gasteiger partial charge in [0.25, 0.3) is 5.91 Å². The highest BCUT2D eigenvalue weighted by molar-refractivity contribution is 6.29. The van der Waals surface area contributed by atoms with Gasteiger partial charge in [-0.25, -0.2) is 9.78 Å². The molecule has 0 saturated carbocycles. The van der Waals surface area contributed by atoms with E-state index >= 15 is 0 Å². The van der Waals surface area contributed by atoms with Crippen LogP contribution < -0.4 is 5.32 Å². The zero-order valence-electron chi connectivity index (χ0n) is 10.0. The molecule has 6 nitrogen and oxygen atoms in total. The number of nitrogens with zero attached hydrogens (tertiary/aromatic N) is 1. The molecular weight excluding hydrogens is 272 g/mol. The average molecular weight is 285 g/mol. The highest BCUT2D eigenvalue weighted by atomic mass is 35.5. The first kappa shape index (κ1) is 13.8. The number of rotatable bonds is 4. The van der Waals surface area contributed by atoms with Crippen LogP contribution in [0.4, 0.5) is 0 Å². The van der Waals surface area contributed by atoms with E-state index in [2.05, 4.69) is 10.3 Å². The molecule has 1 aromatic rings. The number of aromatic nitrogens is 1. The number of hydrogen-bond donors (Lipinski definition) is 2. The van der Waals surface area contributed by atoms with Gasteiger partial charge in [-0.2, -0.15) is 0 Å². The van der Waals surface area contributed by atoms with Crippen LogP contribution in [0.2, 0.25) is 5.15 Å². The van der Waals surface area contributed by atoms with E-state index in [1.807, 2.05) is 0 Å². The molecule has 7 heteroatoms. The van der Waals surface area contributed by atoms with Gasteiger partial charge in [0, 0.05) is 6.54 Å². The summed E-state index contributed by atoms with van der Waals surface area (Å²) in [4.78, 5) is 26.4. The molecule has 1 fully saturated rings. The Morgan fingerprint density at radius 3 is 2.89 bits per heavy atom. The molecule has 0 spiro atoms. The smallest absolute Gasteiger partial charge is 0.332 e. The lowest BCUT2D eigenvalue weighted by molar-refractivity contribution is -0.149. The van der Waals surface area contributed by atoms with Crippen LogP contribution in [-0.2, 0) is 9.53 Å². The van der Waals surface area contributed by atoms with Crippen LogP contribution in [0.15, 0.2) is 18.2 Å². The summed E-state index contributed by atoms with van der Waals surface area (Å²) < 4.78 is 5.27. The largest absolute Gasteiger partial charge is 0.479 e. The zero-order chi connectivity index (χ0) is 13.8. The van der Waals surface area contributed by atoms with E-state index in [9.17, 15) is 9.59 Å². The highest BCUT2D eigenvalue weighted by Crippen LogP contribution is 2.19. The van der Waals surface area contributed by atoms with Crippen molar-refractivity contribution in [3.05, 3.63) is 29.0 Å². The van der Waals surface area contributed by atoms with Crippen molar-refractivity contribution in [1.29, 1.82) is 0 Å². The van der Waals surface area contributed by atoms with Crippen molar-refractivity contribution in [3.8, 4) is 0 Å². The number of amides is 1. The van der Waals surface area contributed by atoms with E-state index in [1.165, 1.54) is 0 Å². The Labute approximate surface area is 114 Å². The predicted octanol–water partition coefficient (Wildman–Crippen LogP) is 1.10. The topological polar surface area (TPSA) is 88.5 Å². The quantitative estimate of drug-likeness (QED) is 0.808. The van der Waals surface area contributed by atoms with Gasteiger partial charge in [0.2, 0.25) is 0 Å². The lowest BCUT2D eigenvalue weighted by atomic mass is 10.2. The molecule has 2 atom stereocenters. The number of carboxylic acids is 1. The fourth-order valence-corrected chi connectivity index (χ4v) is 2.03. The summed E-state index contributed by atoms with van der Waals surface area (Å²) in [5, 5.41) is 11.7. The van der Waals surface area contributed by atoms with Gasteiger partial charge in [-0.1, -0.05) is 17.7 Å². The molecule has 1 aliphatic heterocycles. The van der Waals surface area contributed by atoms with Crippen LogP contribution in [0, 0.1) is 0 Å². The maximum atomic E-state index is 11.8.